The first-order valence-electron chi connectivity index (χ1n) is 7.31. The fraction of sp³-hybridized carbons (Fsp3) is 0.400. The number of carbonyl (C=O) groups is 1. The first-order valence-corrected chi connectivity index (χ1v) is 7.69. The van der Waals surface area contributed by atoms with Crippen LogP contribution in [0, 0.1) is 6.92 Å². The van der Waals surface area contributed by atoms with Gasteiger partial charge in [0, 0.05) is 19.1 Å². The van der Waals surface area contributed by atoms with Gasteiger partial charge in [-0.3, -0.25) is 4.79 Å². The van der Waals surface area contributed by atoms with Gasteiger partial charge < -0.3 is 10.6 Å². The monoisotopic (exact) mass is 319 g/mol. The fourth-order valence-electron chi connectivity index (χ4n) is 2.86. The third kappa shape index (κ3) is 2.48. The molecule has 1 fully saturated rings. The molecule has 3 rings (SSSR count). The molecule has 2 aromatic rings. The van der Waals surface area contributed by atoms with E-state index in [9.17, 15) is 4.79 Å². The number of rotatable bonds is 3. The molecular weight excluding hydrogens is 302 g/mol. The minimum atomic E-state index is -0.108. The number of hydrogen-bond acceptors (Lipinski definition) is 4. The van der Waals surface area contributed by atoms with E-state index in [1.54, 1.807) is 15.6 Å². The van der Waals surface area contributed by atoms with E-state index in [4.69, 9.17) is 17.3 Å². The summed E-state index contributed by atoms with van der Waals surface area (Å²) in [6.45, 7) is 3.02. The zero-order valence-electron chi connectivity index (χ0n) is 12.4. The van der Waals surface area contributed by atoms with Gasteiger partial charge in [0.25, 0.3) is 5.91 Å². The molecule has 0 spiro atoms. The molecule has 116 valence electrons. The number of benzene rings is 1. The Hall–Kier alpha value is -1.92. The van der Waals surface area contributed by atoms with Gasteiger partial charge >= 0.3 is 0 Å². The lowest BCUT2D eigenvalue weighted by molar-refractivity contribution is 0.0734. The zero-order chi connectivity index (χ0) is 15.7. The predicted octanol–water partition coefficient (Wildman–Crippen LogP) is 1.79. The topological polar surface area (TPSA) is 77.0 Å². The highest BCUT2D eigenvalue weighted by molar-refractivity contribution is 6.32. The van der Waals surface area contributed by atoms with Crippen LogP contribution in [-0.4, -0.2) is 44.9 Å². The summed E-state index contributed by atoms with van der Waals surface area (Å²) in [5, 5.41) is 8.73. The van der Waals surface area contributed by atoms with E-state index >= 15 is 0 Å². The van der Waals surface area contributed by atoms with E-state index in [-0.39, 0.29) is 11.9 Å². The predicted molar refractivity (Wildman–Crippen MR) is 84.2 cm³/mol. The summed E-state index contributed by atoms with van der Waals surface area (Å²) in [5.74, 6) is -0.108. The van der Waals surface area contributed by atoms with Crippen molar-refractivity contribution in [2.75, 3.05) is 13.1 Å². The third-order valence-electron chi connectivity index (χ3n) is 4.09. The Morgan fingerprint density at radius 1 is 1.45 bits per heavy atom. The van der Waals surface area contributed by atoms with E-state index in [0.29, 0.717) is 28.6 Å². The van der Waals surface area contributed by atoms with Crippen molar-refractivity contribution >= 4 is 17.5 Å². The van der Waals surface area contributed by atoms with Gasteiger partial charge in [0.15, 0.2) is 5.69 Å². The van der Waals surface area contributed by atoms with Crippen LogP contribution in [0.2, 0.25) is 5.02 Å². The molecule has 22 heavy (non-hydrogen) atoms. The van der Waals surface area contributed by atoms with Crippen LogP contribution in [0.3, 0.4) is 0 Å². The van der Waals surface area contributed by atoms with Crippen molar-refractivity contribution in [2.45, 2.75) is 25.8 Å². The van der Waals surface area contributed by atoms with E-state index in [1.165, 1.54) is 0 Å². The summed E-state index contributed by atoms with van der Waals surface area (Å²) in [7, 11) is 0. The minimum absolute atomic E-state index is 0.0948. The van der Waals surface area contributed by atoms with Gasteiger partial charge in [-0.15, -0.1) is 5.10 Å². The van der Waals surface area contributed by atoms with Gasteiger partial charge in [-0.1, -0.05) is 28.9 Å². The highest BCUT2D eigenvalue weighted by Crippen LogP contribution is 2.23. The first kappa shape index (κ1) is 15.0. The number of nitrogens with two attached hydrogens (primary N) is 1. The number of aromatic nitrogens is 3. The molecule has 1 aliphatic heterocycles. The quantitative estimate of drug-likeness (QED) is 0.935. The highest BCUT2D eigenvalue weighted by atomic mass is 35.5. The summed E-state index contributed by atoms with van der Waals surface area (Å²) in [4.78, 5) is 14.5. The minimum Gasteiger partial charge on any atom is -0.333 e. The maximum atomic E-state index is 12.7. The van der Waals surface area contributed by atoms with Crippen LogP contribution in [0.4, 0.5) is 0 Å². The molecule has 1 atom stereocenters. The zero-order valence-corrected chi connectivity index (χ0v) is 13.1. The molecule has 0 bridgehead atoms. The molecule has 1 amide bonds. The molecule has 0 aliphatic carbocycles. The van der Waals surface area contributed by atoms with Crippen molar-refractivity contribution in [2.24, 2.45) is 5.73 Å². The molecule has 1 saturated heterocycles. The largest absolute Gasteiger partial charge is 0.333 e. The molecule has 0 radical (unpaired) electrons. The number of halogens is 1. The van der Waals surface area contributed by atoms with Crippen molar-refractivity contribution in [3.8, 4) is 5.69 Å². The molecule has 2 heterocycles. The molecular formula is C15H18ClN5O. The Bertz CT molecular complexity index is 699. The average molecular weight is 320 g/mol. The third-order valence-corrected chi connectivity index (χ3v) is 4.41. The van der Waals surface area contributed by atoms with Crippen LogP contribution < -0.4 is 5.73 Å². The second-order valence-corrected chi connectivity index (χ2v) is 5.82. The molecule has 7 heteroatoms. The number of nitrogens with zero attached hydrogens (tertiary/aromatic N) is 4. The normalized spacial score (nSPS) is 18.0. The Labute approximate surface area is 133 Å². The standard InChI is InChI=1S/C15H18ClN5O/c1-10-14(15(22)20-8-4-5-11(20)9-17)18-19-21(10)13-7-3-2-6-12(13)16/h2-3,6-7,11H,4-5,8-9,17H2,1H3. The Morgan fingerprint density at radius 2 is 2.23 bits per heavy atom. The fourth-order valence-corrected chi connectivity index (χ4v) is 3.08. The summed E-state index contributed by atoms with van der Waals surface area (Å²) < 4.78 is 1.60. The van der Waals surface area contributed by atoms with Crippen molar-refractivity contribution in [3.63, 3.8) is 0 Å². The molecule has 1 aromatic heterocycles. The Kier molecular flexibility index (Phi) is 4.13. The summed E-state index contributed by atoms with van der Waals surface area (Å²) in [6, 6.07) is 7.44. The lowest BCUT2D eigenvalue weighted by Crippen LogP contribution is -2.40. The number of amides is 1. The maximum absolute atomic E-state index is 12.7. The van der Waals surface area contributed by atoms with Crippen LogP contribution in [-0.2, 0) is 0 Å². The van der Waals surface area contributed by atoms with Gasteiger partial charge in [0.2, 0.25) is 0 Å². The SMILES string of the molecule is Cc1c(C(=O)N2CCCC2CN)nnn1-c1ccccc1Cl. The van der Waals surface area contributed by atoms with Crippen LogP contribution in [0.25, 0.3) is 5.69 Å². The molecule has 2 N–H and O–H groups in total. The summed E-state index contributed by atoms with van der Waals surface area (Å²) in [6.07, 6.45) is 1.92. The van der Waals surface area contributed by atoms with Gasteiger partial charge in [-0.25, -0.2) is 4.68 Å². The smallest absolute Gasteiger partial charge is 0.276 e. The number of hydrogen-bond donors (Lipinski definition) is 1. The van der Waals surface area contributed by atoms with Crippen molar-refractivity contribution in [1.82, 2.24) is 19.9 Å². The first-order chi connectivity index (χ1) is 10.6. The molecule has 6 nitrogen and oxygen atoms in total. The van der Waals surface area contributed by atoms with Crippen LogP contribution >= 0.6 is 11.6 Å². The van der Waals surface area contributed by atoms with E-state index < -0.39 is 0 Å². The molecule has 1 aliphatic rings. The van der Waals surface area contributed by atoms with Gasteiger partial charge in [-0.05, 0) is 31.9 Å². The second kappa shape index (κ2) is 6.06. The lowest BCUT2D eigenvalue weighted by Gasteiger charge is -2.22. The maximum Gasteiger partial charge on any atom is 0.276 e. The van der Waals surface area contributed by atoms with Crippen molar-refractivity contribution in [1.29, 1.82) is 0 Å². The summed E-state index contributed by atoms with van der Waals surface area (Å²) in [5.41, 5.74) is 7.50. The van der Waals surface area contributed by atoms with Crippen LogP contribution in [0.15, 0.2) is 24.3 Å². The highest BCUT2D eigenvalue weighted by Gasteiger charge is 2.31. The second-order valence-electron chi connectivity index (χ2n) is 5.42. The van der Waals surface area contributed by atoms with Crippen molar-refractivity contribution in [3.05, 3.63) is 40.7 Å². The Balaban J connectivity index is 1.94. The number of likely N-dealkylation sites (tertiary alicyclic amines) is 1. The molecule has 0 saturated carbocycles. The molecule has 1 aromatic carbocycles. The van der Waals surface area contributed by atoms with E-state index in [1.807, 2.05) is 25.1 Å². The number of carbonyl (C=O) groups excluding carboxylic acids is 1. The van der Waals surface area contributed by atoms with E-state index in [0.717, 1.165) is 19.4 Å². The Morgan fingerprint density at radius 3 is 2.95 bits per heavy atom. The molecule has 1 unspecified atom stereocenters. The van der Waals surface area contributed by atoms with Crippen molar-refractivity contribution < 1.29 is 4.79 Å². The van der Waals surface area contributed by atoms with Gasteiger partial charge in [0.1, 0.15) is 0 Å². The lowest BCUT2D eigenvalue weighted by atomic mass is 10.2. The van der Waals surface area contributed by atoms with Crippen LogP contribution in [0.5, 0.6) is 0 Å². The summed E-state index contributed by atoms with van der Waals surface area (Å²) >= 11 is 6.19. The van der Waals surface area contributed by atoms with Gasteiger partial charge in [-0.2, -0.15) is 0 Å². The van der Waals surface area contributed by atoms with E-state index in [2.05, 4.69) is 10.3 Å². The number of para-hydroxylation sites is 1. The van der Waals surface area contributed by atoms with Gasteiger partial charge in [0.05, 0.1) is 16.4 Å². The van der Waals surface area contributed by atoms with Crippen LogP contribution in [0.1, 0.15) is 29.0 Å². The average Bonchev–Trinajstić information content (AvgIpc) is 3.14.